The van der Waals surface area contributed by atoms with Crippen molar-refractivity contribution in [3.05, 3.63) is 77.4 Å². The van der Waals surface area contributed by atoms with Crippen molar-refractivity contribution in [1.29, 1.82) is 0 Å². The van der Waals surface area contributed by atoms with Crippen LogP contribution < -0.4 is 16.0 Å². The quantitative estimate of drug-likeness (QED) is 0.389. The zero-order valence-electron chi connectivity index (χ0n) is 19.6. The summed E-state index contributed by atoms with van der Waals surface area (Å²) in [5.74, 6) is 0.338. The van der Waals surface area contributed by atoms with E-state index in [4.69, 9.17) is 10.5 Å². The van der Waals surface area contributed by atoms with Crippen molar-refractivity contribution in [2.45, 2.75) is 18.9 Å². The van der Waals surface area contributed by atoms with Crippen LogP contribution >= 0.6 is 0 Å². The van der Waals surface area contributed by atoms with Crippen LogP contribution in [0.25, 0.3) is 38.6 Å². The van der Waals surface area contributed by atoms with E-state index < -0.39 is 5.82 Å². The van der Waals surface area contributed by atoms with E-state index in [1.807, 2.05) is 41.1 Å². The fourth-order valence-electron chi connectivity index (χ4n) is 5.15. The molecule has 2 aromatic carbocycles. The van der Waals surface area contributed by atoms with Crippen LogP contribution in [-0.2, 0) is 0 Å². The third-order valence-corrected chi connectivity index (χ3v) is 7.11. The summed E-state index contributed by atoms with van der Waals surface area (Å²) in [6.07, 6.45) is 6.38. The number of rotatable bonds is 5. The first kappa shape index (κ1) is 22.2. The Morgan fingerprint density at radius 1 is 1.11 bits per heavy atom. The van der Waals surface area contributed by atoms with Crippen LogP contribution in [0.3, 0.4) is 0 Å². The molecule has 3 heterocycles. The van der Waals surface area contributed by atoms with E-state index in [-0.39, 0.29) is 35.5 Å². The molecule has 0 saturated heterocycles. The molecule has 8 nitrogen and oxygen atoms in total. The van der Waals surface area contributed by atoms with Crippen molar-refractivity contribution in [2.24, 2.45) is 5.92 Å². The number of pyridine rings is 1. The minimum Gasteiger partial charge on any atom is -0.495 e. The summed E-state index contributed by atoms with van der Waals surface area (Å²) in [6.45, 7) is 0.133. The number of nitrogens with zero attached hydrogens (tertiary/aromatic N) is 4. The first-order valence-corrected chi connectivity index (χ1v) is 11.7. The molecule has 1 fully saturated rings. The maximum absolute atomic E-state index is 15.7. The van der Waals surface area contributed by atoms with Gasteiger partial charge in [-0.3, -0.25) is 9.36 Å². The second-order valence-electron chi connectivity index (χ2n) is 9.17. The van der Waals surface area contributed by atoms with Crippen molar-refractivity contribution < 1.29 is 14.2 Å². The Hall–Kier alpha value is -4.24. The van der Waals surface area contributed by atoms with E-state index in [0.717, 1.165) is 12.8 Å². The lowest BCUT2D eigenvalue weighted by Crippen LogP contribution is -2.28. The predicted molar refractivity (Wildman–Crippen MR) is 136 cm³/mol. The summed E-state index contributed by atoms with van der Waals surface area (Å²) in [6, 6.07) is 12.2. The van der Waals surface area contributed by atoms with Crippen LogP contribution in [0.4, 0.5) is 10.2 Å². The van der Waals surface area contributed by atoms with Gasteiger partial charge in [-0.15, -0.1) is 0 Å². The summed E-state index contributed by atoms with van der Waals surface area (Å²) in [7, 11) is 1.49. The molecule has 36 heavy (non-hydrogen) atoms. The van der Waals surface area contributed by atoms with E-state index in [2.05, 4.69) is 9.97 Å². The topological polar surface area (TPSA) is 108 Å². The third kappa shape index (κ3) is 3.35. The molecule has 0 amide bonds. The second kappa shape index (κ2) is 8.46. The number of benzene rings is 2. The molecule has 6 rings (SSSR count). The molecule has 1 aliphatic rings. The van der Waals surface area contributed by atoms with Gasteiger partial charge < -0.3 is 20.1 Å². The first-order valence-electron chi connectivity index (χ1n) is 11.7. The number of hydrogen-bond acceptors (Lipinski definition) is 6. The highest BCUT2D eigenvalue weighted by molar-refractivity contribution is 6.03. The van der Waals surface area contributed by atoms with Crippen LogP contribution in [0.1, 0.15) is 18.9 Å². The third-order valence-electron chi connectivity index (χ3n) is 7.11. The van der Waals surface area contributed by atoms with Gasteiger partial charge in [0.25, 0.3) is 5.56 Å². The van der Waals surface area contributed by atoms with Crippen molar-refractivity contribution >= 4 is 27.6 Å². The van der Waals surface area contributed by atoms with Crippen molar-refractivity contribution in [1.82, 2.24) is 19.1 Å². The van der Waals surface area contributed by atoms with Crippen LogP contribution in [0.2, 0.25) is 0 Å². The number of aliphatic hydroxyl groups excluding tert-OH is 1. The summed E-state index contributed by atoms with van der Waals surface area (Å²) in [5, 5.41) is 10.7. The first-order chi connectivity index (χ1) is 17.5. The Kier molecular flexibility index (Phi) is 5.22. The van der Waals surface area contributed by atoms with Crippen LogP contribution in [0.15, 0.2) is 66.0 Å². The standard InChI is InChI=1S/C27H24FN5O3/c1-36-23-12-33(16-5-3-2-4-6-16)27(35)20-9-18(22(28)10-19(20)23)21-11-32(17-7-15(8-17)13-34)26-24(21)25(29)30-14-31-26/h2-6,9-12,14-15,17,34H,7-8,13H2,1H3,(H2,29,30,31). The Labute approximate surface area is 205 Å². The molecule has 5 aromatic rings. The van der Waals surface area contributed by atoms with Crippen molar-refractivity contribution in [3.8, 4) is 22.6 Å². The average Bonchev–Trinajstić information content (AvgIpc) is 3.24. The number of anilines is 1. The van der Waals surface area contributed by atoms with Crippen LogP contribution in [0.5, 0.6) is 5.75 Å². The fraction of sp³-hybridized carbons (Fsp3) is 0.222. The molecule has 1 aliphatic carbocycles. The molecule has 0 unspecified atom stereocenters. The number of aliphatic hydroxyl groups is 1. The van der Waals surface area contributed by atoms with Crippen molar-refractivity contribution in [3.63, 3.8) is 0 Å². The smallest absolute Gasteiger partial charge is 0.263 e. The molecule has 3 aromatic heterocycles. The van der Waals surface area contributed by atoms with E-state index in [1.54, 1.807) is 12.3 Å². The van der Waals surface area contributed by atoms with Gasteiger partial charge in [-0.2, -0.15) is 0 Å². The number of ether oxygens (including phenoxy) is 1. The van der Waals surface area contributed by atoms with Gasteiger partial charge in [-0.1, -0.05) is 18.2 Å². The lowest BCUT2D eigenvalue weighted by Gasteiger charge is -2.35. The zero-order chi connectivity index (χ0) is 25.0. The molecule has 0 bridgehead atoms. The molecular weight excluding hydrogens is 461 g/mol. The molecule has 1 saturated carbocycles. The van der Waals surface area contributed by atoms with Crippen molar-refractivity contribution in [2.75, 3.05) is 19.5 Å². The second-order valence-corrected chi connectivity index (χ2v) is 9.17. The average molecular weight is 486 g/mol. The normalized spacial score (nSPS) is 17.4. The lowest BCUT2D eigenvalue weighted by atomic mass is 9.81. The van der Waals surface area contributed by atoms with Crippen LogP contribution in [-0.4, -0.2) is 37.9 Å². The van der Waals surface area contributed by atoms with Gasteiger partial charge in [-0.25, -0.2) is 14.4 Å². The molecule has 0 aliphatic heterocycles. The largest absolute Gasteiger partial charge is 0.495 e. The summed E-state index contributed by atoms with van der Waals surface area (Å²) in [4.78, 5) is 22.1. The predicted octanol–water partition coefficient (Wildman–Crippen LogP) is 4.08. The van der Waals surface area contributed by atoms with Gasteiger partial charge in [0.15, 0.2) is 0 Å². The lowest BCUT2D eigenvalue weighted by molar-refractivity contribution is 0.114. The number of nitrogens with two attached hydrogens (primary N) is 1. The fourth-order valence-corrected chi connectivity index (χ4v) is 5.15. The van der Waals surface area contributed by atoms with E-state index in [0.29, 0.717) is 38.8 Å². The van der Waals surface area contributed by atoms with E-state index in [9.17, 15) is 9.90 Å². The number of hydrogen-bond donors (Lipinski definition) is 2. The monoisotopic (exact) mass is 485 g/mol. The zero-order valence-corrected chi connectivity index (χ0v) is 19.6. The Morgan fingerprint density at radius 2 is 1.89 bits per heavy atom. The molecule has 9 heteroatoms. The van der Waals surface area contributed by atoms with E-state index >= 15 is 4.39 Å². The molecule has 0 atom stereocenters. The number of fused-ring (bicyclic) bond motifs is 2. The van der Waals surface area contributed by atoms with Gasteiger partial charge in [0.05, 0.1) is 24.1 Å². The maximum atomic E-state index is 15.7. The number of nitrogen functional groups attached to an aromatic ring is 1. The van der Waals surface area contributed by atoms with Gasteiger partial charge in [0, 0.05) is 41.0 Å². The van der Waals surface area contributed by atoms with Gasteiger partial charge in [-0.05, 0) is 43.0 Å². The summed E-state index contributed by atoms with van der Waals surface area (Å²) >= 11 is 0. The van der Waals surface area contributed by atoms with Gasteiger partial charge >= 0.3 is 0 Å². The number of para-hydroxylation sites is 1. The van der Waals surface area contributed by atoms with E-state index in [1.165, 1.54) is 24.1 Å². The SMILES string of the molecule is COc1cn(-c2ccccc2)c(=O)c2cc(-c3cn(C4CC(CO)C4)c4ncnc(N)c34)c(F)cc12. The molecule has 0 spiro atoms. The molecule has 182 valence electrons. The Morgan fingerprint density at radius 3 is 2.61 bits per heavy atom. The minimum absolute atomic E-state index is 0.117. The molecule has 3 N–H and O–H groups in total. The van der Waals surface area contributed by atoms with Crippen LogP contribution in [0, 0.1) is 11.7 Å². The summed E-state index contributed by atoms with van der Waals surface area (Å²) in [5.41, 5.74) is 7.98. The highest BCUT2D eigenvalue weighted by Gasteiger charge is 2.32. The highest BCUT2D eigenvalue weighted by atomic mass is 19.1. The number of halogens is 1. The Balaban J connectivity index is 1.60. The Bertz CT molecular complexity index is 1670. The van der Waals surface area contributed by atoms with Gasteiger partial charge in [0.2, 0.25) is 0 Å². The highest BCUT2D eigenvalue weighted by Crippen LogP contribution is 2.43. The molecular formula is C27H24FN5O3. The maximum Gasteiger partial charge on any atom is 0.263 e. The number of methoxy groups -OCH3 is 1. The van der Waals surface area contributed by atoms with Gasteiger partial charge in [0.1, 0.15) is 29.4 Å². The number of aromatic nitrogens is 4. The summed E-state index contributed by atoms with van der Waals surface area (Å²) < 4.78 is 24.7. The minimum atomic E-state index is -0.512. The molecule has 0 radical (unpaired) electrons.